The highest BCUT2D eigenvalue weighted by molar-refractivity contribution is 5.77. The van der Waals surface area contributed by atoms with E-state index < -0.39 is 0 Å². The smallest absolute Gasteiger partial charge is 0.120 e. The normalized spacial score (nSPS) is 9.72. The molecule has 0 amide bonds. The molecule has 0 N–H and O–H groups in total. The molecule has 0 radical (unpaired) electrons. The molecule has 3 aromatic carbocycles. The van der Waals surface area contributed by atoms with Crippen LogP contribution in [0.25, 0.3) is 0 Å². The highest BCUT2D eigenvalue weighted by atomic mass is 16.5. The first kappa shape index (κ1) is 16.1. The van der Waals surface area contributed by atoms with Gasteiger partial charge in [0.1, 0.15) is 5.75 Å². The first-order valence-electron chi connectivity index (χ1n) is 7.69. The molecule has 0 fully saturated rings. The molecule has 0 aliphatic heterocycles. The van der Waals surface area contributed by atoms with Crippen molar-refractivity contribution in [1.29, 1.82) is 10.5 Å². The minimum Gasteiger partial charge on any atom is -0.497 e. The Bertz CT molecular complexity index is 891. The number of ether oxygens (including phenoxy) is 1. The van der Waals surface area contributed by atoms with Gasteiger partial charge in [-0.2, -0.15) is 10.5 Å². The molecule has 0 bridgehead atoms. The van der Waals surface area contributed by atoms with Crippen LogP contribution in [0, 0.1) is 22.7 Å². The lowest BCUT2D eigenvalue weighted by Crippen LogP contribution is -2.10. The van der Waals surface area contributed by atoms with Gasteiger partial charge in [0.2, 0.25) is 0 Å². The van der Waals surface area contributed by atoms with E-state index in [1.165, 1.54) is 0 Å². The number of hydrogen-bond donors (Lipinski definition) is 0. The van der Waals surface area contributed by atoms with Crippen LogP contribution in [-0.4, -0.2) is 7.11 Å². The first-order valence-corrected chi connectivity index (χ1v) is 7.69. The molecule has 0 atom stereocenters. The Labute approximate surface area is 146 Å². The Balaban J connectivity index is 2.12. The lowest BCUT2D eigenvalue weighted by Gasteiger charge is -2.25. The van der Waals surface area contributed by atoms with Gasteiger partial charge in [0.25, 0.3) is 0 Å². The van der Waals surface area contributed by atoms with Crippen LogP contribution in [0.4, 0.5) is 17.1 Å². The van der Waals surface area contributed by atoms with Gasteiger partial charge in [0, 0.05) is 23.1 Å². The van der Waals surface area contributed by atoms with Gasteiger partial charge in [-0.25, -0.2) is 0 Å². The lowest BCUT2D eigenvalue weighted by molar-refractivity contribution is 0.415. The van der Waals surface area contributed by atoms with E-state index in [0.717, 1.165) is 22.8 Å². The predicted octanol–water partition coefficient (Wildman–Crippen LogP) is 4.91. The first-order chi connectivity index (χ1) is 12.2. The summed E-state index contributed by atoms with van der Waals surface area (Å²) in [6.45, 7) is 0. The number of hydrogen-bond acceptors (Lipinski definition) is 4. The summed E-state index contributed by atoms with van der Waals surface area (Å²) in [6.07, 6.45) is 0. The minimum absolute atomic E-state index is 0.606. The van der Waals surface area contributed by atoms with Crippen LogP contribution in [-0.2, 0) is 0 Å². The molecule has 0 aliphatic rings. The van der Waals surface area contributed by atoms with Crippen molar-refractivity contribution in [3.63, 3.8) is 0 Å². The van der Waals surface area contributed by atoms with E-state index in [9.17, 15) is 0 Å². The molecular formula is C21H15N3O. The predicted molar refractivity (Wildman–Crippen MR) is 97.1 cm³/mol. The average molecular weight is 325 g/mol. The summed E-state index contributed by atoms with van der Waals surface area (Å²) in [5.74, 6) is 0.754. The summed E-state index contributed by atoms with van der Waals surface area (Å²) in [5, 5.41) is 18.0. The summed E-state index contributed by atoms with van der Waals surface area (Å²) >= 11 is 0. The number of benzene rings is 3. The van der Waals surface area contributed by atoms with E-state index >= 15 is 0 Å². The largest absolute Gasteiger partial charge is 0.497 e. The molecule has 0 spiro atoms. The van der Waals surface area contributed by atoms with Crippen molar-refractivity contribution in [3.8, 4) is 17.9 Å². The molecule has 0 aromatic heterocycles. The Morgan fingerprint density at radius 1 is 0.720 bits per heavy atom. The maximum atomic E-state index is 9.02. The van der Waals surface area contributed by atoms with Crippen molar-refractivity contribution in [2.75, 3.05) is 12.0 Å². The van der Waals surface area contributed by atoms with Crippen LogP contribution in [0.3, 0.4) is 0 Å². The Morgan fingerprint density at radius 2 is 1.24 bits per heavy atom. The maximum absolute atomic E-state index is 9.02. The topological polar surface area (TPSA) is 60.0 Å². The van der Waals surface area contributed by atoms with Crippen LogP contribution in [0.15, 0.2) is 72.8 Å². The second kappa shape index (κ2) is 7.21. The Morgan fingerprint density at radius 3 is 1.68 bits per heavy atom. The summed E-state index contributed by atoms with van der Waals surface area (Å²) in [7, 11) is 1.63. The zero-order chi connectivity index (χ0) is 17.6. The zero-order valence-electron chi connectivity index (χ0n) is 13.7. The maximum Gasteiger partial charge on any atom is 0.120 e. The second-order valence-electron chi connectivity index (χ2n) is 5.35. The number of anilines is 3. The minimum atomic E-state index is 0.606. The van der Waals surface area contributed by atoms with Crippen molar-refractivity contribution in [3.05, 3.63) is 83.9 Å². The summed E-state index contributed by atoms with van der Waals surface area (Å²) in [4.78, 5) is 2.05. The fraction of sp³-hybridized carbons (Fsp3) is 0.0476. The molecule has 25 heavy (non-hydrogen) atoms. The molecule has 4 heteroatoms. The molecule has 3 rings (SSSR count). The van der Waals surface area contributed by atoms with Crippen LogP contribution < -0.4 is 9.64 Å². The van der Waals surface area contributed by atoms with E-state index in [4.69, 9.17) is 15.3 Å². The molecule has 0 saturated heterocycles. The summed E-state index contributed by atoms with van der Waals surface area (Å²) < 4.78 is 5.34. The monoisotopic (exact) mass is 325 g/mol. The Kier molecular flexibility index (Phi) is 4.65. The van der Waals surface area contributed by atoms with Crippen LogP contribution >= 0.6 is 0 Å². The van der Waals surface area contributed by atoms with Crippen LogP contribution in [0.5, 0.6) is 5.75 Å². The highest BCUT2D eigenvalue weighted by Crippen LogP contribution is 2.36. The van der Waals surface area contributed by atoms with E-state index in [0.29, 0.717) is 11.1 Å². The zero-order valence-corrected chi connectivity index (χ0v) is 13.7. The van der Waals surface area contributed by atoms with E-state index in [-0.39, 0.29) is 0 Å². The van der Waals surface area contributed by atoms with Gasteiger partial charge >= 0.3 is 0 Å². The molecule has 120 valence electrons. The lowest BCUT2D eigenvalue weighted by atomic mass is 10.1. The molecule has 0 saturated carbocycles. The van der Waals surface area contributed by atoms with E-state index in [1.54, 1.807) is 31.4 Å². The van der Waals surface area contributed by atoms with Gasteiger partial charge < -0.3 is 9.64 Å². The van der Waals surface area contributed by atoms with Gasteiger partial charge in [0.05, 0.1) is 30.4 Å². The second-order valence-corrected chi connectivity index (χ2v) is 5.35. The SMILES string of the molecule is COc1cccc(N(c2ccc(C#N)cc2)c2ccc(C#N)cc2)c1. The van der Waals surface area contributed by atoms with Gasteiger partial charge in [-0.3, -0.25) is 0 Å². The van der Waals surface area contributed by atoms with Gasteiger partial charge in [0.15, 0.2) is 0 Å². The van der Waals surface area contributed by atoms with Crippen molar-refractivity contribution in [1.82, 2.24) is 0 Å². The molecule has 0 unspecified atom stereocenters. The third kappa shape index (κ3) is 3.44. The highest BCUT2D eigenvalue weighted by Gasteiger charge is 2.13. The molecule has 0 heterocycles. The number of nitrogens with zero attached hydrogens (tertiary/aromatic N) is 3. The fourth-order valence-electron chi connectivity index (χ4n) is 2.57. The van der Waals surface area contributed by atoms with Gasteiger partial charge in [-0.15, -0.1) is 0 Å². The van der Waals surface area contributed by atoms with Gasteiger partial charge in [-0.05, 0) is 60.7 Å². The fourth-order valence-corrected chi connectivity index (χ4v) is 2.57. The van der Waals surface area contributed by atoms with Crippen molar-refractivity contribution < 1.29 is 4.74 Å². The number of rotatable bonds is 4. The summed E-state index contributed by atoms with van der Waals surface area (Å²) in [6, 6.07) is 26.7. The van der Waals surface area contributed by atoms with E-state index in [2.05, 4.69) is 12.1 Å². The van der Waals surface area contributed by atoms with Crippen LogP contribution in [0.1, 0.15) is 11.1 Å². The Hall–Kier alpha value is -3.76. The molecule has 4 nitrogen and oxygen atoms in total. The number of methoxy groups -OCH3 is 1. The average Bonchev–Trinajstić information content (AvgIpc) is 2.69. The molecule has 0 aliphatic carbocycles. The van der Waals surface area contributed by atoms with Crippen molar-refractivity contribution in [2.24, 2.45) is 0 Å². The van der Waals surface area contributed by atoms with Crippen LogP contribution in [0.2, 0.25) is 0 Å². The third-order valence-electron chi connectivity index (χ3n) is 3.82. The standard InChI is InChI=1S/C21H15N3O/c1-25-21-4-2-3-20(13-21)24(18-9-5-16(14-22)6-10-18)19-11-7-17(15-23)8-12-19/h2-13H,1H3. The molecular weight excluding hydrogens is 310 g/mol. The number of nitriles is 2. The third-order valence-corrected chi connectivity index (χ3v) is 3.82. The molecule has 3 aromatic rings. The quantitative estimate of drug-likeness (QED) is 0.684. The van der Waals surface area contributed by atoms with Gasteiger partial charge in [-0.1, -0.05) is 6.07 Å². The van der Waals surface area contributed by atoms with Crippen molar-refractivity contribution in [2.45, 2.75) is 0 Å². The van der Waals surface area contributed by atoms with E-state index in [1.807, 2.05) is 53.4 Å². The van der Waals surface area contributed by atoms with Crippen molar-refractivity contribution >= 4 is 17.1 Å². The summed E-state index contributed by atoms with van der Waals surface area (Å²) in [5.41, 5.74) is 3.96.